The maximum absolute atomic E-state index is 10.9. The van der Waals surface area contributed by atoms with Gasteiger partial charge in [-0.25, -0.2) is 0 Å². The van der Waals surface area contributed by atoms with E-state index in [4.69, 9.17) is 5.73 Å². The Balaban J connectivity index is 3.62. The van der Waals surface area contributed by atoms with Gasteiger partial charge in [0.25, 0.3) is 0 Å². The van der Waals surface area contributed by atoms with Crippen molar-refractivity contribution in [3.63, 3.8) is 0 Å². The third-order valence-corrected chi connectivity index (χ3v) is 1.36. The first-order valence-corrected chi connectivity index (χ1v) is 3.88. The molecule has 1 amide bonds. The largest absolute Gasteiger partial charge is 0.353 e. The fourth-order valence-corrected chi connectivity index (χ4v) is 0.640. The molecular weight excluding hydrogens is 148 g/mol. The SMILES string of the molecule is CC(C)NC(=O)C(N)CS. The first-order valence-electron chi connectivity index (χ1n) is 3.24. The minimum atomic E-state index is -0.481. The lowest BCUT2D eigenvalue weighted by atomic mass is 10.3. The summed E-state index contributed by atoms with van der Waals surface area (Å²) in [6.07, 6.45) is 0. The fourth-order valence-electron chi connectivity index (χ4n) is 0.474. The third kappa shape index (κ3) is 3.74. The van der Waals surface area contributed by atoms with Gasteiger partial charge in [-0.15, -0.1) is 0 Å². The van der Waals surface area contributed by atoms with Gasteiger partial charge < -0.3 is 11.1 Å². The monoisotopic (exact) mass is 162 g/mol. The van der Waals surface area contributed by atoms with Crippen molar-refractivity contribution in [2.45, 2.75) is 25.9 Å². The number of nitrogens with one attached hydrogen (secondary N) is 1. The maximum Gasteiger partial charge on any atom is 0.237 e. The molecule has 0 bridgehead atoms. The van der Waals surface area contributed by atoms with Crippen molar-refractivity contribution in [1.82, 2.24) is 5.32 Å². The summed E-state index contributed by atoms with van der Waals surface area (Å²) in [6.45, 7) is 3.78. The van der Waals surface area contributed by atoms with Crippen LogP contribution in [0.1, 0.15) is 13.8 Å². The van der Waals surface area contributed by atoms with Crippen molar-refractivity contribution in [3.8, 4) is 0 Å². The number of hydrogen-bond donors (Lipinski definition) is 3. The number of amides is 1. The average Bonchev–Trinajstić information content (AvgIpc) is 1.85. The van der Waals surface area contributed by atoms with E-state index in [1.54, 1.807) is 0 Å². The van der Waals surface area contributed by atoms with Crippen LogP contribution in [0.5, 0.6) is 0 Å². The predicted molar refractivity (Wildman–Crippen MR) is 45.1 cm³/mol. The molecule has 10 heavy (non-hydrogen) atoms. The van der Waals surface area contributed by atoms with Gasteiger partial charge in [0.15, 0.2) is 0 Å². The second-order valence-corrected chi connectivity index (χ2v) is 2.82. The summed E-state index contributed by atoms with van der Waals surface area (Å²) in [4.78, 5) is 10.9. The Morgan fingerprint density at radius 1 is 1.70 bits per heavy atom. The Kier molecular flexibility index (Phi) is 4.47. The molecule has 0 saturated carbocycles. The molecule has 0 rings (SSSR count). The molecule has 0 aromatic rings. The summed E-state index contributed by atoms with van der Waals surface area (Å²) in [7, 11) is 0. The number of thiol groups is 1. The highest BCUT2D eigenvalue weighted by Crippen LogP contribution is 1.85. The molecule has 0 saturated heterocycles. The Labute approximate surface area is 66.8 Å². The number of nitrogens with two attached hydrogens (primary N) is 1. The Bertz CT molecular complexity index is 116. The molecule has 60 valence electrons. The first-order chi connectivity index (χ1) is 4.57. The molecule has 1 atom stereocenters. The van der Waals surface area contributed by atoms with Gasteiger partial charge in [0, 0.05) is 11.8 Å². The van der Waals surface area contributed by atoms with Crippen molar-refractivity contribution in [2.24, 2.45) is 5.73 Å². The van der Waals surface area contributed by atoms with E-state index < -0.39 is 6.04 Å². The first kappa shape index (κ1) is 9.78. The van der Waals surface area contributed by atoms with Crippen molar-refractivity contribution >= 4 is 18.5 Å². The predicted octanol–water partition coefficient (Wildman–Crippen LogP) is -0.232. The maximum atomic E-state index is 10.9. The minimum absolute atomic E-state index is 0.134. The van der Waals surface area contributed by atoms with Crippen LogP contribution in [-0.2, 0) is 4.79 Å². The van der Waals surface area contributed by atoms with E-state index in [0.29, 0.717) is 5.75 Å². The van der Waals surface area contributed by atoms with Gasteiger partial charge in [-0.1, -0.05) is 0 Å². The molecule has 3 nitrogen and oxygen atoms in total. The second-order valence-electron chi connectivity index (χ2n) is 2.45. The molecule has 0 spiro atoms. The van der Waals surface area contributed by atoms with Crippen molar-refractivity contribution in [2.75, 3.05) is 5.75 Å². The van der Waals surface area contributed by atoms with Crippen LogP contribution in [0, 0.1) is 0 Å². The van der Waals surface area contributed by atoms with Crippen molar-refractivity contribution in [3.05, 3.63) is 0 Å². The van der Waals surface area contributed by atoms with Crippen LogP contribution in [0.25, 0.3) is 0 Å². The Morgan fingerprint density at radius 3 is 2.50 bits per heavy atom. The number of rotatable bonds is 3. The second kappa shape index (κ2) is 4.57. The number of carbonyl (C=O) groups excluding carboxylic acids is 1. The summed E-state index contributed by atoms with van der Waals surface area (Å²) in [5, 5.41) is 2.68. The van der Waals surface area contributed by atoms with Gasteiger partial charge in [0.2, 0.25) is 5.91 Å². The standard InChI is InChI=1S/C6H14N2OS/c1-4(2)8-6(9)5(7)3-10/h4-5,10H,3,7H2,1-2H3,(H,8,9). The zero-order valence-corrected chi connectivity index (χ0v) is 7.19. The molecule has 3 N–H and O–H groups in total. The molecule has 0 fully saturated rings. The lowest BCUT2D eigenvalue weighted by Gasteiger charge is -2.11. The van der Waals surface area contributed by atoms with Gasteiger partial charge in [0.1, 0.15) is 0 Å². The van der Waals surface area contributed by atoms with E-state index in [9.17, 15) is 4.79 Å². The van der Waals surface area contributed by atoms with E-state index >= 15 is 0 Å². The molecule has 0 aromatic heterocycles. The molecule has 4 heteroatoms. The fraction of sp³-hybridized carbons (Fsp3) is 0.833. The third-order valence-electron chi connectivity index (χ3n) is 0.964. The molecule has 0 aliphatic heterocycles. The van der Waals surface area contributed by atoms with E-state index in [1.807, 2.05) is 13.8 Å². The van der Waals surface area contributed by atoms with Crippen LogP contribution in [-0.4, -0.2) is 23.7 Å². The van der Waals surface area contributed by atoms with E-state index in [1.165, 1.54) is 0 Å². The van der Waals surface area contributed by atoms with Crippen LogP contribution in [0.2, 0.25) is 0 Å². The van der Waals surface area contributed by atoms with Crippen LogP contribution >= 0.6 is 12.6 Å². The minimum Gasteiger partial charge on any atom is -0.353 e. The summed E-state index contributed by atoms with van der Waals surface area (Å²) in [5.74, 6) is 0.253. The highest BCUT2D eigenvalue weighted by molar-refractivity contribution is 7.80. The average molecular weight is 162 g/mol. The number of carbonyl (C=O) groups is 1. The highest BCUT2D eigenvalue weighted by Gasteiger charge is 2.10. The zero-order chi connectivity index (χ0) is 8.15. The topological polar surface area (TPSA) is 55.1 Å². The molecule has 1 unspecified atom stereocenters. The molecule has 0 aromatic carbocycles. The zero-order valence-electron chi connectivity index (χ0n) is 6.29. The smallest absolute Gasteiger partial charge is 0.237 e. The Morgan fingerprint density at radius 2 is 2.20 bits per heavy atom. The quantitative estimate of drug-likeness (QED) is 0.502. The van der Waals surface area contributed by atoms with E-state index in [-0.39, 0.29) is 11.9 Å². The van der Waals surface area contributed by atoms with Crippen LogP contribution in [0.3, 0.4) is 0 Å². The normalized spacial score (nSPS) is 13.3. The summed E-state index contributed by atoms with van der Waals surface area (Å²) in [6, 6.07) is -0.329. The summed E-state index contributed by atoms with van der Waals surface area (Å²) >= 11 is 3.89. The van der Waals surface area contributed by atoms with Crippen LogP contribution in [0.15, 0.2) is 0 Å². The van der Waals surface area contributed by atoms with E-state index in [0.717, 1.165) is 0 Å². The summed E-state index contributed by atoms with van der Waals surface area (Å²) < 4.78 is 0. The van der Waals surface area contributed by atoms with Crippen LogP contribution in [0.4, 0.5) is 0 Å². The van der Waals surface area contributed by atoms with Crippen molar-refractivity contribution < 1.29 is 4.79 Å². The molecular formula is C6H14N2OS. The van der Waals surface area contributed by atoms with Gasteiger partial charge >= 0.3 is 0 Å². The van der Waals surface area contributed by atoms with Gasteiger partial charge in [0.05, 0.1) is 6.04 Å². The van der Waals surface area contributed by atoms with E-state index in [2.05, 4.69) is 17.9 Å². The lowest BCUT2D eigenvalue weighted by molar-refractivity contribution is -0.122. The van der Waals surface area contributed by atoms with Gasteiger partial charge in [-0.05, 0) is 13.8 Å². The highest BCUT2D eigenvalue weighted by atomic mass is 32.1. The molecule has 0 aliphatic rings. The number of hydrogen-bond acceptors (Lipinski definition) is 3. The summed E-state index contributed by atoms with van der Waals surface area (Å²) in [5.41, 5.74) is 5.38. The van der Waals surface area contributed by atoms with Crippen LogP contribution < -0.4 is 11.1 Å². The molecule has 0 radical (unpaired) electrons. The molecule has 0 heterocycles. The lowest BCUT2D eigenvalue weighted by Crippen LogP contribution is -2.44. The van der Waals surface area contributed by atoms with Gasteiger partial charge in [-0.2, -0.15) is 12.6 Å². The molecule has 0 aliphatic carbocycles. The van der Waals surface area contributed by atoms with Crippen molar-refractivity contribution in [1.29, 1.82) is 0 Å². The van der Waals surface area contributed by atoms with Gasteiger partial charge in [-0.3, -0.25) is 4.79 Å². The Hall–Kier alpha value is -0.220.